The summed E-state index contributed by atoms with van der Waals surface area (Å²) in [4.78, 5) is 14.1. The number of nitrogens with zero attached hydrogens (tertiary/aromatic N) is 7. The van der Waals surface area contributed by atoms with Crippen molar-refractivity contribution in [1.82, 2.24) is 40.3 Å². The van der Waals surface area contributed by atoms with Crippen molar-refractivity contribution < 1.29 is 4.79 Å². The number of amides is 1. The van der Waals surface area contributed by atoms with E-state index >= 15 is 0 Å². The molecule has 152 valence electrons. The van der Waals surface area contributed by atoms with Crippen LogP contribution in [0.3, 0.4) is 0 Å². The van der Waals surface area contributed by atoms with Gasteiger partial charge in [0.15, 0.2) is 11.9 Å². The molecule has 1 amide bonds. The van der Waals surface area contributed by atoms with Gasteiger partial charge in [-0.2, -0.15) is 4.80 Å². The number of rotatable bonds is 7. The van der Waals surface area contributed by atoms with Crippen LogP contribution in [0.1, 0.15) is 56.2 Å². The van der Waals surface area contributed by atoms with Gasteiger partial charge in [0.05, 0.1) is 6.54 Å². The molecule has 1 aliphatic rings. The fourth-order valence-electron chi connectivity index (χ4n) is 3.36. The molecule has 1 N–H and O–H groups in total. The van der Waals surface area contributed by atoms with Crippen LogP contribution in [-0.2, 0) is 18.4 Å². The second-order valence-electron chi connectivity index (χ2n) is 7.24. The van der Waals surface area contributed by atoms with Gasteiger partial charge in [-0.3, -0.25) is 4.79 Å². The number of hydrogen-bond donors (Lipinski definition) is 1. The lowest BCUT2D eigenvalue weighted by molar-refractivity contribution is -0.125. The van der Waals surface area contributed by atoms with Crippen molar-refractivity contribution in [3.63, 3.8) is 0 Å². The maximum atomic E-state index is 12.7. The van der Waals surface area contributed by atoms with Gasteiger partial charge in [0.2, 0.25) is 11.7 Å². The van der Waals surface area contributed by atoms with Gasteiger partial charge in [-0.1, -0.05) is 24.9 Å². The van der Waals surface area contributed by atoms with Gasteiger partial charge >= 0.3 is 0 Å². The van der Waals surface area contributed by atoms with Crippen LogP contribution in [0.15, 0.2) is 24.3 Å². The Kier molecular flexibility index (Phi) is 5.57. The Bertz CT molecular complexity index is 992. The van der Waals surface area contributed by atoms with Crippen LogP contribution in [0.4, 0.5) is 0 Å². The molecule has 9 nitrogen and oxygen atoms in total. The van der Waals surface area contributed by atoms with E-state index in [1.807, 2.05) is 30.7 Å². The molecule has 0 radical (unpaired) electrons. The number of benzene rings is 1. The minimum Gasteiger partial charge on any atom is -0.347 e. The Hall–Kier alpha value is -2.81. The molecule has 0 aliphatic heterocycles. The highest BCUT2D eigenvalue weighted by atomic mass is 35.5. The summed E-state index contributed by atoms with van der Waals surface area (Å²) in [7, 11) is 1.95. The van der Waals surface area contributed by atoms with Crippen LogP contribution in [0, 0.1) is 0 Å². The molecule has 3 aromatic rings. The average molecular weight is 415 g/mol. The lowest BCUT2D eigenvalue weighted by Gasteiger charge is -2.24. The SMILES string of the molecule is CCC(C(=O)NCc1nnc(C2CCC2)n1C)n1nnc(-c2ccc(Cl)cc2)n1. The van der Waals surface area contributed by atoms with E-state index in [9.17, 15) is 4.79 Å². The average Bonchev–Trinajstić information content (AvgIpc) is 3.28. The molecular weight excluding hydrogens is 392 g/mol. The highest BCUT2D eigenvalue weighted by Gasteiger charge is 2.26. The number of hydrogen-bond acceptors (Lipinski definition) is 6. The van der Waals surface area contributed by atoms with Crippen LogP contribution in [-0.4, -0.2) is 40.9 Å². The molecular formula is C19H23ClN8O. The number of carbonyl (C=O) groups excluding carboxylic acids is 1. The minimum absolute atomic E-state index is 0.180. The van der Waals surface area contributed by atoms with Crippen LogP contribution < -0.4 is 5.32 Å². The molecule has 1 aliphatic carbocycles. The summed E-state index contributed by atoms with van der Waals surface area (Å²) in [6.07, 6.45) is 4.09. The van der Waals surface area contributed by atoms with Crippen molar-refractivity contribution in [3.05, 3.63) is 40.9 Å². The second kappa shape index (κ2) is 8.28. The predicted octanol–water partition coefficient (Wildman–Crippen LogP) is 2.66. The van der Waals surface area contributed by atoms with Crippen molar-refractivity contribution in [2.24, 2.45) is 7.05 Å². The van der Waals surface area contributed by atoms with Gasteiger partial charge in [-0.05, 0) is 48.7 Å². The molecule has 1 saturated carbocycles. The summed E-state index contributed by atoms with van der Waals surface area (Å²) in [5.41, 5.74) is 0.790. The summed E-state index contributed by atoms with van der Waals surface area (Å²) < 4.78 is 1.98. The molecule has 10 heteroatoms. The molecule has 0 spiro atoms. The van der Waals surface area contributed by atoms with E-state index in [0.717, 1.165) is 30.1 Å². The molecule has 1 aromatic carbocycles. The fraction of sp³-hybridized carbons (Fsp3) is 0.474. The number of tetrazole rings is 1. The zero-order valence-electron chi connectivity index (χ0n) is 16.4. The van der Waals surface area contributed by atoms with Crippen LogP contribution in [0.25, 0.3) is 11.4 Å². The largest absolute Gasteiger partial charge is 0.347 e. The van der Waals surface area contributed by atoms with E-state index in [0.29, 0.717) is 29.7 Å². The van der Waals surface area contributed by atoms with E-state index in [2.05, 4.69) is 30.9 Å². The van der Waals surface area contributed by atoms with Crippen molar-refractivity contribution in [1.29, 1.82) is 0 Å². The molecule has 1 unspecified atom stereocenters. The third-order valence-electron chi connectivity index (χ3n) is 5.39. The van der Waals surface area contributed by atoms with Crippen molar-refractivity contribution >= 4 is 17.5 Å². The third kappa shape index (κ3) is 4.00. The summed E-state index contributed by atoms with van der Waals surface area (Å²) >= 11 is 5.92. The number of carbonyl (C=O) groups is 1. The smallest absolute Gasteiger partial charge is 0.247 e. The zero-order valence-corrected chi connectivity index (χ0v) is 17.2. The molecule has 2 aromatic heterocycles. The highest BCUT2D eigenvalue weighted by molar-refractivity contribution is 6.30. The van der Waals surface area contributed by atoms with Crippen LogP contribution in [0.2, 0.25) is 5.02 Å². The Morgan fingerprint density at radius 2 is 2.00 bits per heavy atom. The van der Waals surface area contributed by atoms with Gasteiger partial charge in [-0.15, -0.1) is 20.4 Å². The number of halogens is 1. The summed E-state index contributed by atoms with van der Waals surface area (Å²) in [5.74, 6) is 2.50. The van der Waals surface area contributed by atoms with Gasteiger partial charge in [0.1, 0.15) is 5.82 Å². The molecule has 2 heterocycles. The van der Waals surface area contributed by atoms with Crippen molar-refractivity contribution in [3.8, 4) is 11.4 Å². The minimum atomic E-state index is -0.553. The zero-order chi connectivity index (χ0) is 20.4. The molecule has 0 saturated heterocycles. The van der Waals surface area contributed by atoms with E-state index in [4.69, 9.17) is 11.6 Å². The topological polar surface area (TPSA) is 103 Å². The van der Waals surface area contributed by atoms with Crippen LogP contribution in [0.5, 0.6) is 0 Å². The fourth-order valence-corrected chi connectivity index (χ4v) is 3.49. The summed E-state index contributed by atoms with van der Waals surface area (Å²) in [6.45, 7) is 2.22. The van der Waals surface area contributed by atoms with E-state index < -0.39 is 6.04 Å². The van der Waals surface area contributed by atoms with E-state index in [-0.39, 0.29) is 5.91 Å². The molecule has 1 fully saturated rings. The van der Waals surface area contributed by atoms with Gasteiger partial charge in [0.25, 0.3) is 0 Å². The lowest BCUT2D eigenvalue weighted by Crippen LogP contribution is -2.33. The Morgan fingerprint density at radius 1 is 1.24 bits per heavy atom. The first kappa shape index (κ1) is 19.5. The van der Waals surface area contributed by atoms with Crippen molar-refractivity contribution in [2.75, 3.05) is 0 Å². The van der Waals surface area contributed by atoms with Gasteiger partial charge in [-0.25, -0.2) is 0 Å². The van der Waals surface area contributed by atoms with Gasteiger partial charge < -0.3 is 9.88 Å². The molecule has 1 atom stereocenters. The molecule has 29 heavy (non-hydrogen) atoms. The monoisotopic (exact) mass is 414 g/mol. The maximum Gasteiger partial charge on any atom is 0.247 e. The molecule has 4 rings (SSSR count). The summed E-state index contributed by atoms with van der Waals surface area (Å²) in [5, 5.41) is 24.6. The first-order valence-corrected chi connectivity index (χ1v) is 10.2. The Morgan fingerprint density at radius 3 is 2.66 bits per heavy atom. The second-order valence-corrected chi connectivity index (χ2v) is 7.68. The predicted molar refractivity (Wildman–Crippen MR) is 107 cm³/mol. The highest BCUT2D eigenvalue weighted by Crippen LogP contribution is 2.35. The van der Waals surface area contributed by atoms with E-state index in [1.54, 1.807) is 12.1 Å². The van der Waals surface area contributed by atoms with Crippen molar-refractivity contribution in [2.45, 2.75) is 51.1 Å². The normalized spacial score (nSPS) is 15.1. The number of nitrogens with one attached hydrogen (secondary N) is 1. The van der Waals surface area contributed by atoms with Gasteiger partial charge in [0, 0.05) is 23.6 Å². The lowest BCUT2D eigenvalue weighted by atomic mass is 9.85. The molecule has 0 bridgehead atoms. The first-order chi connectivity index (χ1) is 14.1. The summed E-state index contributed by atoms with van der Waals surface area (Å²) in [6, 6.07) is 6.61. The standard InChI is InChI=1S/C19H23ClN8O/c1-3-15(28-25-17(23-26-28)12-7-9-14(20)10-8-12)19(29)21-11-16-22-24-18(27(16)2)13-5-4-6-13/h7-10,13,15H,3-6,11H2,1-2H3,(H,21,29). The quantitative estimate of drug-likeness (QED) is 0.637. The third-order valence-corrected chi connectivity index (χ3v) is 5.64. The first-order valence-electron chi connectivity index (χ1n) is 9.78. The van der Waals surface area contributed by atoms with Crippen LogP contribution >= 0.6 is 11.6 Å². The number of aromatic nitrogens is 7. The maximum absolute atomic E-state index is 12.7. The Labute approximate surface area is 173 Å². The van der Waals surface area contributed by atoms with E-state index in [1.165, 1.54) is 11.2 Å². The Balaban J connectivity index is 1.42.